The van der Waals surface area contributed by atoms with Crippen LogP contribution in [0.25, 0.3) is 0 Å². The second kappa shape index (κ2) is 2.90. The maximum absolute atomic E-state index is 12.6. The van der Waals surface area contributed by atoms with Gasteiger partial charge in [-0.2, -0.15) is 0 Å². The minimum Gasteiger partial charge on any atom is -0.396 e. The molecule has 2 nitrogen and oxygen atoms in total. The van der Waals surface area contributed by atoms with Crippen LogP contribution in [0, 0.1) is 5.82 Å². The second-order valence-electron chi connectivity index (χ2n) is 1.80. The Balaban J connectivity index is 3.04. The first kappa shape index (κ1) is 7.37. The quantitative estimate of drug-likeness (QED) is 0.479. The first-order chi connectivity index (χ1) is 4.74. The highest BCUT2D eigenvalue weighted by Gasteiger charge is 1.97. The van der Waals surface area contributed by atoms with E-state index >= 15 is 0 Å². The van der Waals surface area contributed by atoms with E-state index in [2.05, 4.69) is 0 Å². The number of hydrogen-bond donors (Lipinski definition) is 2. The van der Waals surface area contributed by atoms with E-state index in [1.807, 2.05) is 0 Å². The number of hydrogen-bond acceptors (Lipinski definition) is 3. The number of anilines is 1. The van der Waals surface area contributed by atoms with Crippen molar-refractivity contribution in [1.82, 2.24) is 0 Å². The molecule has 0 saturated carbocycles. The van der Waals surface area contributed by atoms with Gasteiger partial charge in [-0.15, -0.1) is 0 Å². The van der Waals surface area contributed by atoms with Crippen molar-refractivity contribution >= 4 is 17.6 Å². The molecule has 1 aromatic rings. The third-order valence-corrected chi connectivity index (χ3v) is 1.63. The summed E-state index contributed by atoms with van der Waals surface area (Å²) in [5, 5.41) is 5.18. The lowest BCUT2D eigenvalue weighted by Gasteiger charge is -1.97. The summed E-state index contributed by atoms with van der Waals surface area (Å²) in [6, 6.07) is 4.47. The molecule has 10 heavy (non-hydrogen) atoms. The fourth-order valence-electron chi connectivity index (χ4n) is 0.581. The molecule has 0 atom stereocenters. The zero-order valence-electron chi connectivity index (χ0n) is 5.17. The summed E-state index contributed by atoms with van der Waals surface area (Å²) < 4.78 is 12.6. The Kier molecular flexibility index (Phi) is 2.13. The van der Waals surface area contributed by atoms with Crippen LogP contribution >= 0.6 is 11.9 Å². The molecule has 0 aliphatic carbocycles. The fraction of sp³-hybridized carbons (Fsp3) is 0. The number of nitrogen functional groups attached to an aromatic ring is 1. The molecule has 0 radical (unpaired) electrons. The lowest BCUT2D eigenvalue weighted by molar-refractivity contribution is 0.629. The zero-order chi connectivity index (χ0) is 7.56. The van der Waals surface area contributed by atoms with E-state index in [0.29, 0.717) is 4.90 Å². The summed E-state index contributed by atoms with van der Waals surface area (Å²) in [5.41, 5.74) is 5.37. The summed E-state index contributed by atoms with van der Waals surface area (Å²) in [5.74, 6) is -0.421. The number of rotatable bonds is 1. The fourth-order valence-corrected chi connectivity index (χ4v) is 0.899. The van der Waals surface area contributed by atoms with Crippen molar-refractivity contribution in [3.8, 4) is 0 Å². The molecule has 0 aliphatic heterocycles. The molecule has 54 valence electrons. The summed E-state index contributed by atoms with van der Waals surface area (Å²) in [4.78, 5) is 0.673. The lowest BCUT2D eigenvalue weighted by atomic mass is 10.3. The first-order valence-electron chi connectivity index (χ1n) is 2.66. The number of benzene rings is 1. The van der Waals surface area contributed by atoms with Crippen molar-refractivity contribution in [2.75, 3.05) is 5.73 Å². The molecule has 0 unspecified atom stereocenters. The summed E-state index contributed by atoms with van der Waals surface area (Å²) in [6.07, 6.45) is 0. The minimum atomic E-state index is -0.421. The van der Waals surface area contributed by atoms with Crippen LogP contribution in [0.3, 0.4) is 0 Å². The normalized spacial score (nSPS) is 9.80. The van der Waals surface area contributed by atoms with Crippen LogP contribution in [0.5, 0.6) is 0 Å². The smallest absolute Gasteiger partial charge is 0.147 e. The Hall–Kier alpha value is -0.740. The number of nitrogens with two attached hydrogens (primary N) is 2. The molecular formula is C6H7FN2S. The molecule has 0 amide bonds. The highest BCUT2D eigenvalue weighted by atomic mass is 32.2. The van der Waals surface area contributed by atoms with E-state index in [4.69, 9.17) is 10.9 Å². The van der Waals surface area contributed by atoms with Gasteiger partial charge in [0, 0.05) is 4.90 Å². The second-order valence-corrected chi connectivity index (χ2v) is 2.51. The SMILES string of the molecule is NSc1ccc(N)c(F)c1. The topological polar surface area (TPSA) is 52.0 Å². The molecule has 0 heterocycles. The lowest BCUT2D eigenvalue weighted by Crippen LogP contribution is -1.90. The van der Waals surface area contributed by atoms with E-state index in [9.17, 15) is 4.39 Å². The third kappa shape index (κ3) is 1.40. The van der Waals surface area contributed by atoms with Crippen molar-refractivity contribution in [2.24, 2.45) is 5.14 Å². The van der Waals surface area contributed by atoms with E-state index < -0.39 is 5.82 Å². The van der Waals surface area contributed by atoms with Gasteiger partial charge in [-0.05, 0) is 30.1 Å². The van der Waals surface area contributed by atoms with E-state index in [-0.39, 0.29) is 5.69 Å². The monoisotopic (exact) mass is 158 g/mol. The van der Waals surface area contributed by atoms with Gasteiger partial charge in [0.05, 0.1) is 5.69 Å². The minimum absolute atomic E-state index is 0.151. The van der Waals surface area contributed by atoms with Gasteiger partial charge in [0.25, 0.3) is 0 Å². The molecule has 1 rings (SSSR count). The summed E-state index contributed by atoms with van der Waals surface area (Å²) in [7, 11) is 0. The maximum atomic E-state index is 12.6. The average molecular weight is 158 g/mol. The molecule has 0 saturated heterocycles. The molecule has 4 heteroatoms. The van der Waals surface area contributed by atoms with Gasteiger partial charge in [0.2, 0.25) is 0 Å². The van der Waals surface area contributed by atoms with Gasteiger partial charge in [0.15, 0.2) is 0 Å². The molecule has 4 N–H and O–H groups in total. The van der Waals surface area contributed by atoms with Gasteiger partial charge in [-0.25, -0.2) is 4.39 Å². The molecule has 0 aromatic heterocycles. The predicted octanol–water partition coefficient (Wildman–Crippen LogP) is 1.37. The van der Waals surface area contributed by atoms with E-state index in [1.54, 1.807) is 6.07 Å². The van der Waals surface area contributed by atoms with Crippen LogP contribution in [-0.4, -0.2) is 0 Å². The van der Waals surface area contributed by atoms with Crippen LogP contribution in [0.1, 0.15) is 0 Å². The maximum Gasteiger partial charge on any atom is 0.147 e. The Morgan fingerprint density at radius 3 is 2.60 bits per heavy atom. The molecule has 0 fully saturated rings. The highest BCUT2D eigenvalue weighted by Crippen LogP contribution is 2.17. The Morgan fingerprint density at radius 2 is 2.10 bits per heavy atom. The first-order valence-corrected chi connectivity index (χ1v) is 3.54. The predicted molar refractivity (Wildman–Crippen MR) is 40.9 cm³/mol. The van der Waals surface area contributed by atoms with Crippen molar-refractivity contribution in [3.63, 3.8) is 0 Å². The standard InChI is InChI=1S/C6H7FN2S/c7-5-3-4(10-9)1-2-6(5)8/h1-3H,8-9H2. The van der Waals surface area contributed by atoms with E-state index in [1.165, 1.54) is 12.1 Å². The van der Waals surface area contributed by atoms with Gasteiger partial charge >= 0.3 is 0 Å². The third-order valence-electron chi connectivity index (χ3n) is 1.11. The molecular weight excluding hydrogens is 151 g/mol. The Bertz CT molecular complexity index is 239. The molecule has 1 aromatic carbocycles. The zero-order valence-corrected chi connectivity index (χ0v) is 5.99. The Morgan fingerprint density at radius 1 is 1.40 bits per heavy atom. The van der Waals surface area contributed by atoms with E-state index in [0.717, 1.165) is 11.9 Å². The molecule has 0 spiro atoms. The van der Waals surface area contributed by atoms with Gasteiger partial charge < -0.3 is 5.73 Å². The van der Waals surface area contributed by atoms with Crippen molar-refractivity contribution in [2.45, 2.75) is 4.90 Å². The molecule has 0 aliphatic rings. The van der Waals surface area contributed by atoms with Crippen molar-refractivity contribution < 1.29 is 4.39 Å². The highest BCUT2D eigenvalue weighted by molar-refractivity contribution is 7.97. The van der Waals surface area contributed by atoms with Crippen molar-refractivity contribution in [1.29, 1.82) is 0 Å². The van der Waals surface area contributed by atoms with Crippen LogP contribution in [0.4, 0.5) is 10.1 Å². The van der Waals surface area contributed by atoms with Crippen LogP contribution in [0.15, 0.2) is 23.1 Å². The average Bonchev–Trinajstić information content (AvgIpc) is 1.95. The summed E-state index contributed by atoms with van der Waals surface area (Å²) in [6.45, 7) is 0. The van der Waals surface area contributed by atoms with Gasteiger partial charge in [-0.1, -0.05) is 0 Å². The van der Waals surface area contributed by atoms with Crippen LogP contribution in [0.2, 0.25) is 0 Å². The van der Waals surface area contributed by atoms with Gasteiger partial charge in [0.1, 0.15) is 5.82 Å². The van der Waals surface area contributed by atoms with Crippen LogP contribution in [-0.2, 0) is 0 Å². The largest absolute Gasteiger partial charge is 0.396 e. The Labute approximate surface area is 62.5 Å². The summed E-state index contributed by atoms with van der Waals surface area (Å²) >= 11 is 0.996. The van der Waals surface area contributed by atoms with Crippen LogP contribution < -0.4 is 10.9 Å². The number of halogens is 1. The molecule has 0 bridgehead atoms. The van der Waals surface area contributed by atoms with Gasteiger partial charge in [-0.3, -0.25) is 5.14 Å². The van der Waals surface area contributed by atoms with Crippen molar-refractivity contribution in [3.05, 3.63) is 24.0 Å².